The molecule has 0 radical (unpaired) electrons. The Kier molecular flexibility index (Phi) is 8.83. The molecule has 0 spiro atoms. The van der Waals surface area contributed by atoms with Crippen LogP contribution in [0.3, 0.4) is 0 Å². The predicted octanol–water partition coefficient (Wildman–Crippen LogP) is 2.53. The van der Waals surface area contributed by atoms with Crippen molar-refractivity contribution in [1.82, 2.24) is 9.13 Å². The van der Waals surface area contributed by atoms with Gasteiger partial charge in [-0.3, -0.25) is 13.9 Å². The molecule has 2 aromatic rings. The van der Waals surface area contributed by atoms with Gasteiger partial charge in [-0.25, -0.2) is 4.79 Å². The zero-order valence-electron chi connectivity index (χ0n) is 18.7. The number of ether oxygens (including phenoxy) is 3. The molecule has 0 bridgehead atoms. The van der Waals surface area contributed by atoms with Crippen LogP contribution in [0.15, 0.2) is 38.8 Å². The molecular weight excluding hydrogens is 447 g/mol. The number of rotatable bonds is 9. The second-order valence-corrected chi connectivity index (χ2v) is 7.31. The first-order valence-corrected chi connectivity index (χ1v) is 10.1. The van der Waals surface area contributed by atoms with E-state index in [1.165, 1.54) is 30.7 Å². The minimum absolute atomic E-state index is 0.00409. The zero-order valence-corrected chi connectivity index (χ0v) is 18.7. The van der Waals surface area contributed by atoms with Gasteiger partial charge in [-0.1, -0.05) is 19.9 Å². The fourth-order valence-electron chi connectivity index (χ4n) is 2.82. The largest absolute Gasteiger partial charge is 0.573 e. The van der Waals surface area contributed by atoms with Gasteiger partial charge in [0.2, 0.25) is 0 Å². The number of hydrogen-bond donors (Lipinski definition) is 1. The van der Waals surface area contributed by atoms with Crippen molar-refractivity contribution >= 4 is 11.7 Å². The van der Waals surface area contributed by atoms with Crippen LogP contribution in [0.2, 0.25) is 0 Å². The SMILES string of the molecule is Cc1c(/N=C(/Oc2cccc(OC(F)(F)F)c2)C(C)C)n(C)c(=O)n(CCOCCO)c1=O. The van der Waals surface area contributed by atoms with Gasteiger partial charge in [0.15, 0.2) is 5.90 Å². The fraction of sp³-hybridized carbons (Fsp3) is 0.476. The molecule has 0 fully saturated rings. The molecular formula is C21H26F3N3O6. The first-order valence-electron chi connectivity index (χ1n) is 10.1. The second kappa shape index (κ2) is 11.1. The van der Waals surface area contributed by atoms with Gasteiger partial charge in [0.1, 0.15) is 17.3 Å². The number of alkyl halides is 3. The number of hydrogen-bond acceptors (Lipinski definition) is 7. The smallest absolute Gasteiger partial charge is 0.443 e. The summed E-state index contributed by atoms with van der Waals surface area (Å²) >= 11 is 0. The van der Waals surface area contributed by atoms with E-state index in [1.54, 1.807) is 13.8 Å². The summed E-state index contributed by atoms with van der Waals surface area (Å²) in [5, 5.41) is 8.75. The van der Waals surface area contributed by atoms with E-state index in [2.05, 4.69) is 9.73 Å². The van der Waals surface area contributed by atoms with E-state index >= 15 is 0 Å². The average molecular weight is 473 g/mol. The number of nitrogens with zero attached hydrogens (tertiary/aromatic N) is 3. The molecule has 1 heterocycles. The first-order chi connectivity index (χ1) is 15.4. The molecule has 12 heteroatoms. The van der Waals surface area contributed by atoms with Gasteiger partial charge in [-0.05, 0) is 19.1 Å². The van der Waals surface area contributed by atoms with Crippen molar-refractivity contribution < 1.29 is 32.5 Å². The van der Waals surface area contributed by atoms with Crippen LogP contribution in [0.4, 0.5) is 19.0 Å². The van der Waals surface area contributed by atoms with Crippen LogP contribution < -0.4 is 20.7 Å². The van der Waals surface area contributed by atoms with Gasteiger partial charge in [0.25, 0.3) is 5.56 Å². The van der Waals surface area contributed by atoms with Gasteiger partial charge < -0.3 is 19.3 Å². The van der Waals surface area contributed by atoms with E-state index in [-0.39, 0.29) is 55.3 Å². The number of aliphatic hydroxyl groups is 1. The maximum atomic E-state index is 12.7. The molecule has 0 atom stereocenters. The number of benzene rings is 1. The van der Waals surface area contributed by atoms with Gasteiger partial charge in [0.05, 0.1) is 31.9 Å². The molecule has 0 aliphatic heterocycles. The van der Waals surface area contributed by atoms with Crippen LogP contribution in [0.1, 0.15) is 19.4 Å². The summed E-state index contributed by atoms with van der Waals surface area (Å²) in [4.78, 5) is 29.8. The van der Waals surface area contributed by atoms with Crippen LogP contribution >= 0.6 is 0 Å². The van der Waals surface area contributed by atoms with Crippen molar-refractivity contribution in [3.05, 3.63) is 50.7 Å². The van der Waals surface area contributed by atoms with Gasteiger partial charge >= 0.3 is 12.1 Å². The summed E-state index contributed by atoms with van der Waals surface area (Å²) < 4.78 is 54.4. The fourth-order valence-corrected chi connectivity index (χ4v) is 2.82. The minimum atomic E-state index is -4.85. The van der Waals surface area contributed by atoms with E-state index in [1.807, 2.05) is 0 Å². The van der Waals surface area contributed by atoms with Crippen LogP contribution in [0.25, 0.3) is 0 Å². The normalized spacial score (nSPS) is 12.3. The van der Waals surface area contributed by atoms with Crippen molar-refractivity contribution in [2.75, 3.05) is 19.8 Å². The van der Waals surface area contributed by atoms with E-state index in [4.69, 9.17) is 14.6 Å². The van der Waals surface area contributed by atoms with Crippen LogP contribution in [0, 0.1) is 12.8 Å². The third kappa shape index (κ3) is 7.19. The summed E-state index contributed by atoms with van der Waals surface area (Å²) in [6.07, 6.45) is -4.85. The molecule has 9 nitrogen and oxygen atoms in total. The highest BCUT2D eigenvalue weighted by Gasteiger charge is 2.31. The maximum Gasteiger partial charge on any atom is 0.573 e. The molecule has 0 unspecified atom stereocenters. The Morgan fingerprint density at radius 3 is 2.45 bits per heavy atom. The second-order valence-electron chi connectivity index (χ2n) is 7.31. The Morgan fingerprint density at radius 2 is 1.85 bits per heavy atom. The summed E-state index contributed by atoms with van der Waals surface area (Å²) in [6, 6.07) is 4.94. The lowest BCUT2D eigenvalue weighted by atomic mass is 10.2. The van der Waals surface area contributed by atoms with E-state index < -0.39 is 23.4 Å². The number of aliphatic imine (C=N–C) groups is 1. The molecule has 0 saturated carbocycles. The van der Waals surface area contributed by atoms with Crippen molar-refractivity contribution in [1.29, 1.82) is 0 Å². The van der Waals surface area contributed by atoms with Gasteiger partial charge in [-0.15, -0.1) is 13.2 Å². The van der Waals surface area contributed by atoms with Crippen LogP contribution in [-0.2, 0) is 18.3 Å². The Hall–Kier alpha value is -3.12. The quantitative estimate of drug-likeness (QED) is 0.341. The topological polar surface area (TPSA) is 104 Å². The third-order valence-electron chi connectivity index (χ3n) is 4.40. The number of halogens is 3. The highest BCUT2D eigenvalue weighted by atomic mass is 19.4. The highest BCUT2D eigenvalue weighted by Crippen LogP contribution is 2.27. The highest BCUT2D eigenvalue weighted by molar-refractivity contribution is 5.83. The average Bonchev–Trinajstić information content (AvgIpc) is 2.73. The summed E-state index contributed by atoms with van der Waals surface area (Å²) in [5.74, 6) is -0.607. The maximum absolute atomic E-state index is 12.7. The number of aliphatic hydroxyl groups excluding tert-OH is 1. The summed E-state index contributed by atoms with van der Waals surface area (Å²) in [5.41, 5.74) is -1.01. The van der Waals surface area contributed by atoms with Crippen molar-refractivity contribution in [3.63, 3.8) is 0 Å². The van der Waals surface area contributed by atoms with Gasteiger partial charge in [-0.2, -0.15) is 4.99 Å². The Labute approximate surface area is 187 Å². The first kappa shape index (κ1) is 26.1. The van der Waals surface area contributed by atoms with Crippen molar-refractivity contribution in [2.24, 2.45) is 18.0 Å². The lowest BCUT2D eigenvalue weighted by Crippen LogP contribution is -2.41. The summed E-state index contributed by atoms with van der Waals surface area (Å²) in [7, 11) is 1.44. The number of aromatic nitrogens is 2. The molecule has 1 aromatic carbocycles. The standard InChI is InChI=1S/C21H26F3N3O6/c1-13(2)18(32-15-6-5-7-16(12-15)33-21(22,23)24)25-17-14(3)19(29)27(20(30)26(17)4)8-10-31-11-9-28/h5-7,12-13,28H,8-11H2,1-4H3/b25-18+. The Bertz CT molecular complexity index is 1070. The van der Waals surface area contributed by atoms with Crippen LogP contribution in [-0.4, -0.2) is 46.3 Å². The Morgan fingerprint density at radius 1 is 1.18 bits per heavy atom. The lowest BCUT2D eigenvalue weighted by molar-refractivity contribution is -0.274. The van der Waals surface area contributed by atoms with E-state index in [0.717, 1.165) is 16.7 Å². The molecule has 0 aliphatic rings. The van der Waals surface area contributed by atoms with E-state index in [9.17, 15) is 22.8 Å². The molecule has 0 amide bonds. The zero-order chi connectivity index (χ0) is 24.8. The molecule has 0 saturated heterocycles. The molecule has 1 aromatic heterocycles. The molecule has 1 N–H and O–H groups in total. The van der Waals surface area contributed by atoms with Gasteiger partial charge in [0, 0.05) is 19.0 Å². The lowest BCUT2D eigenvalue weighted by Gasteiger charge is -2.16. The Balaban J connectivity index is 2.41. The van der Waals surface area contributed by atoms with E-state index in [0.29, 0.717) is 0 Å². The molecule has 0 aliphatic carbocycles. The van der Waals surface area contributed by atoms with Crippen LogP contribution in [0.5, 0.6) is 11.5 Å². The predicted molar refractivity (Wildman–Crippen MR) is 114 cm³/mol. The third-order valence-corrected chi connectivity index (χ3v) is 4.40. The van der Waals surface area contributed by atoms with Crippen molar-refractivity contribution in [3.8, 4) is 11.5 Å². The minimum Gasteiger partial charge on any atom is -0.443 e. The molecule has 33 heavy (non-hydrogen) atoms. The molecule has 2 rings (SSSR count). The summed E-state index contributed by atoms with van der Waals surface area (Å²) in [6.45, 7) is 4.94. The monoisotopic (exact) mass is 473 g/mol. The van der Waals surface area contributed by atoms with Crippen molar-refractivity contribution in [2.45, 2.75) is 33.7 Å². The molecule has 182 valence electrons.